The average Bonchev–Trinajstić information content (AvgIpc) is 2.70. The molecule has 1 aliphatic heterocycles. The number of carbonyl (C=O) groups is 1. The fraction of sp³-hybridized carbons (Fsp3) is 0.381. The highest BCUT2D eigenvalue weighted by atomic mass is 19.1. The van der Waals surface area contributed by atoms with E-state index in [0.29, 0.717) is 30.0 Å². The smallest absolute Gasteiger partial charge is 0.320 e. The lowest BCUT2D eigenvalue weighted by Gasteiger charge is -2.40. The molecule has 5 nitrogen and oxygen atoms in total. The van der Waals surface area contributed by atoms with Crippen molar-refractivity contribution in [2.45, 2.75) is 31.3 Å². The number of methoxy groups -OCH3 is 2. The maximum atomic E-state index is 14.8. The highest BCUT2D eigenvalue weighted by molar-refractivity contribution is 5.74. The molecule has 1 fully saturated rings. The first kappa shape index (κ1) is 19.2. The first-order valence-corrected chi connectivity index (χ1v) is 9.01. The van der Waals surface area contributed by atoms with E-state index in [4.69, 9.17) is 9.47 Å². The summed E-state index contributed by atoms with van der Waals surface area (Å²) < 4.78 is 25.6. The van der Waals surface area contributed by atoms with Crippen LogP contribution in [0, 0.1) is 5.82 Å². The van der Waals surface area contributed by atoms with E-state index in [9.17, 15) is 14.3 Å². The van der Waals surface area contributed by atoms with E-state index in [2.05, 4.69) is 0 Å². The molecule has 0 aliphatic carbocycles. The molecule has 0 saturated carbocycles. The van der Waals surface area contributed by atoms with Crippen LogP contribution in [0.1, 0.15) is 36.4 Å². The fourth-order valence-electron chi connectivity index (χ4n) is 3.79. The molecule has 1 N–H and O–H groups in total. The predicted molar refractivity (Wildman–Crippen MR) is 99.8 cm³/mol. The van der Waals surface area contributed by atoms with E-state index >= 15 is 0 Å². The van der Waals surface area contributed by atoms with Gasteiger partial charge in [-0.2, -0.15) is 0 Å². The summed E-state index contributed by atoms with van der Waals surface area (Å²) in [5.74, 6) is -0.0905. The summed E-state index contributed by atoms with van der Waals surface area (Å²) in [5.41, 5.74) is 1.16. The van der Waals surface area contributed by atoms with Crippen molar-refractivity contribution in [2.75, 3.05) is 20.8 Å². The van der Waals surface area contributed by atoms with Crippen LogP contribution in [0.4, 0.5) is 4.39 Å². The number of likely N-dealkylation sites (tertiary alicyclic amines) is 1. The fourth-order valence-corrected chi connectivity index (χ4v) is 3.79. The topological polar surface area (TPSA) is 59.0 Å². The molecular weight excluding hydrogens is 349 g/mol. The minimum atomic E-state index is -0.886. The van der Waals surface area contributed by atoms with Gasteiger partial charge >= 0.3 is 5.97 Å². The summed E-state index contributed by atoms with van der Waals surface area (Å²) >= 11 is 0. The molecule has 27 heavy (non-hydrogen) atoms. The number of carboxylic acids is 1. The molecule has 3 rings (SSSR count). The third kappa shape index (κ3) is 3.90. The Bertz CT molecular complexity index is 811. The summed E-state index contributed by atoms with van der Waals surface area (Å²) in [7, 11) is 3.11. The van der Waals surface area contributed by atoms with Crippen molar-refractivity contribution in [3.8, 4) is 11.5 Å². The van der Waals surface area contributed by atoms with Crippen molar-refractivity contribution in [1.29, 1.82) is 0 Å². The van der Waals surface area contributed by atoms with Crippen molar-refractivity contribution in [3.63, 3.8) is 0 Å². The monoisotopic (exact) mass is 373 g/mol. The van der Waals surface area contributed by atoms with E-state index in [1.165, 1.54) is 6.07 Å². The molecule has 144 valence electrons. The van der Waals surface area contributed by atoms with Crippen LogP contribution in [0.15, 0.2) is 42.5 Å². The Hall–Kier alpha value is -2.60. The molecule has 0 bridgehead atoms. The third-order valence-corrected chi connectivity index (χ3v) is 5.10. The maximum Gasteiger partial charge on any atom is 0.320 e. The lowest BCUT2D eigenvalue weighted by molar-refractivity contribution is -0.145. The van der Waals surface area contributed by atoms with Crippen LogP contribution in [0.2, 0.25) is 0 Å². The molecular formula is C21H24FNO4. The van der Waals surface area contributed by atoms with Crippen LogP contribution in [0.25, 0.3) is 0 Å². The summed E-state index contributed by atoms with van der Waals surface area (Å²) in [6.45, 7) is 0.575. The second-order valence-electron chi connectivity index (χ2n) is 6.62. The number of rotatable bonds is 6. The molecule has 2 aromatic carbocycles. The predicted octanol–water partition coefficient (Wildman–Crippen LogP) is 3.87. The molecule has 2 atom stereocenters. The third-order valence-electron chi connectivity index (χ3n) is 5.10. The number of benzene rings is 2. The van der Waals surface area contributed by atoms with Crippen LogP contribution >= 0.6 is 0 Å². The van der Waals surface area contributed by atoms with Gasteiger partial charge in [0, 0.05) is 17.2 Å². The van der Waals surface area contributed by atoms with Crippen molar-refractivity contribution in [2.24, 2.45) is 0 Å². The maximum absolute atomic E-state index is 14.8. The van der Waals surface area contributed by atoms with Crippen molar-refractivity contribution in [3.05, 3.63) is 59.4 Å². The first-order valence-electron chi connectivity index (χ1n) is 9.01. The lowest BCUT2D eigenvalue weighted by atomic mass is 9.91. The Morgan fingerprint density at radius 2 is 1.93 bits per heavy atom. The first-order chi connectivity index (χ1) is 13.1. The molecule has 0 spiro atoms. The Balaban J connectivity index is 2.17. The molecule has 1 saturated heterocycles. The van der Waals surface area contributed by atoms with Gasteiger partial charge in [0.25, 0.3) is 0 Å². The minimum Gasteiger partial charge on any atom is -0.497 e. The summed E-state index contributed by atoms with van der Waals surface area (Å²) in [5, 5.41) is 9.74. The van der Waals surface area contributed by atoms with E-state index in [0.717, 1.165) is 18.4 Å². The molecule has 6 heteroatoms. The van der Waals surface area contributed by atoms with Crippen molar-refractivity contribution in [1.82, 2.24) is 4.90 Å². The molecule has 2 unspecified atom stereocenters. The van der Waals surface area contributed by atoms with Gasteiger partial charge in [-0.3, -0.25) is 9.69 Å². The standard InChI is InChI=1S/C21H24FNO4/c1-26-14-10-11-16(19(13-14)27-2)20(15-7-3-4-8-17(15)22)23-12-6-5-9-18(23)21(24)25/h3-4,7-8,10-11,13,18,20H,5-6,9,12H2,1-2H3,(H,24,25). The lowest BCUT2D eigenvalue weighted by Crippen LogP contribution is -2.47. The Kier molecular flexibility index (Phi) is 5.96. The number of hydrogen-bond donors (Lipinski definition) is 1. The number of ether oxygens (including phenoxy) is 2. The highest BCUT2D eigenvalue weighted by Gasteiger charge is 2.37. The summed E-state index contributed by atoms with van der Waals surface area (Å²) in [6.07, 6.45) is 2.25. The minimum absolute atomic E-state index is 0.366. The van der Waals surface area contributed by atoms with Crippen molar-refractivity contribution < 1.29 is 23.8 Å². The van der Waals surface area contributed by atoms with Crippen LogP contribution < -0.4 is 9.47 Å². The van der Waals surface area contributed by atoms with Gasteiger partial charge in [-0.1, -0.05) is 24.6 Å². The van der Waals surface area contributed by atoms with Crippen LogP contribution in [-0.2, 0) is 4.79 Å². The normalized spacial score (nSPS) is 18.7. The van der Waals surface area contributed by atoms with Gasteiger partial charge in [0.1, 0.15) is 23.4 Å². The zero-order chi connectivity index (χ0) is 19.4. The second kappa shape index (κ2) is 8.39. The van der Waals surface area contributed by atoms with Gasteiger partial charge < -0.3 is 14.6 Å². The van der Waals surface area contributed by atoms with Gasteiger partial charge in [-0.05, 0) is 37.6 Å². The second-order valence-corrected chi connectivity index (χ2v) is 6.62. The number of hydrogen-bond acceptors (Lipinski definition) is 4. The average molecular weight is 373 g/mol. The van der Waals surface area contributed by atoms with Crippen LogP contribution in [-0.4, -0.2) is 42.8 Å². The van der Waals surface area contributed by atoms with Crippen LogP contribution in [0.3, 0.4) is 0 Å². The Morgan fingerprint density at radius 3 is 2.59 bits per heavy atom. The SMILES string of the molecule is COc1ccc(C(c2ccccc2F)N2CCCCC2C(=O)O)c(OC)c1. The zero-order valence-corrected chi connectivity index (χ0v) is 15.5. The molecule has 1 aliphatic rings. The summed E-state index contributed by atoms with van der Waals surface area (Å²) in [6, 6.07) is 10.6. The van der Waals surface area contributed by atoms with Gasteiger partial charge in [-0.25, -0.2) is 4.39 Å². The quantitative estimate of drug-likeness (QED) is 0.833. The zero-order valence-electron chi connectivity index (χ0n) is 15.5. The van der Waals surface area contributed by atoms with E-state index in [1.807, 2.05) is 11.0 Å². The summed E-state index contributed by atoms with van der Waals surface area (Å²) in [4.78, 5) is 13.8. The molecule has 0 radical (unpaired) electrons. The molecule has 0 aromatic heterocycles. The molecule has 0 amide bonds. The van der Waals surface area contributed by atoms with Gasteiger partial charge in [0.15, 0.2) is 0 Å². The Morgan fingerprint density at radius 1 is 1.15 bits per heavy atom. The Labute approximate surface area is 158 Å². The highest BCUT2D eigenvalue weighted by Crippen LogP contribution is 2.40. The number of carboxylic acid groups (broad SMARTS) is 1. The molecule has 1 heterocycles. The number of nitrogens with zero attached hydrogens (tertiary/aromatic N) is 1. The largest absolute Gasteiger partial charge is 0.497 e. The number of aliphatic carboxylic acids is 1. The van der Waals surface area contributed by atoms with E-state index in [1.54, 1.807) is 44.6 Å². The van der Waals surface area contributed by atoms with Crippen LogP contribution in [0.5, 0.6) is 11.5 Å². The van der Waals surface area contributed by atoms with E-state index in [-0.39, 0.29) is 5.82 Å². The number of piperidine rings is 1. The van der Waals surface area contributed by atoms with Gasteiger partial charge in [0.05, 0.1) is 20.3 Å². The van der Waals surface area contributed by atoms with E-state index < -0.39 is 18.1 Å². The number of halogens is 1. The van der Waals surface area contributed by atoms with Gasteiger partial charge in [0.2, 0.25) is 0 Å². The van der Waals surface area contributed by atoms with Crippen molar-refractivity contribution >= 4 is 5.97 Å². The van der Waals surface area contributed by atoms with Gasteiger partial charge in [-0.15, -0.1) is 0 Å². The molecule has 2 aromatic rings.